The topological polar surface area (TPSA) is 69.6 Å². The molecule has 0 fully saturated rings. The van der Waals surface area contributed by atoms with Crippen molar-refractivity contribution in [1.82, 2.24) is 0 Å². The van der Waals surface area contributed by atoms with Crippen LogP contribution < -0.4 is 5.32 Å². The summed E-state index contributed by atoms with van der Waals surface area (Å²) in [6, 6.07) is 5.45. The first-order valence-electron chi connectivity index (χ1n) is 5.36. The van der Waals surface area contributed by atoms with Crippen molar-refractivity contribution in [3.63, 3.8) is 0 Å². The van der Waals surface area contributed by atoms with Crippen LogP contribution in [0.4, 0.5) is 10.1 Å². The Morgan fingerprint density at radius 2 is 1.70 bits per heavy atom. The molecule has 1 amide bonds. The molecule has 104 valence electrons. The highest BCUT2D eigenvalue weighted by Crippen LogP contribution is 2.32. The lowest BCUT2D eigenvalue weighted by molar-refractivity contribution is 0.102. The fourth-order valence-electron chi connectivity index (χ4n) is 1.55. The predicted molar refractivity (Wildman–Crippen MR) is 74.1 cm³/mol. The van der Waals surface area contributed by atoms with Gasteiger partial charge in [0.25, 0.3) is 5.91 Å². The maximum absolute atomic E-state index is 13.0. The Morgan fingerprint density at radius 1 is 1.10 bits per heavy atom. The summed E-state index contributed by atoms with van der Waals surface area (Å²) < 4.78 is 13.0. The van der Waals surface area contributed by atoms with Crippen molar-refractivity contribution in [2.45, 2.75) is 0 Å². The van der Waals surface area contributed by atoms with Gasteiger partial charge in [0, 0.05) is 0 Å². The highest BCUT2D eigenvalue weighted by atomic mass is 35.5. The van der Waals surface area contributed by atoms with Crippen LogP contribution in [0.15, 0.2) is 30.3 Å². The van der Waals surface area contributed by atoms with Crippen LogP contribution in [0.1, 0.15) is 10.4 Å². The molecule has 0 aliphatic rings. The fraction of sp³-hybridized carbons (Fsp3) is 0. The molecule has 7 heteroatoms. The summed E-state index contributed by atoms with van der Waals surface area (Å²) in [5.41, 5.74) is -0.149. The minimum absolute atomic E-state index is 0.0162. The number of phenolic OH excluding ortho intramolecular Hbond substituents is 2. The molecule has 0 spiro atoms. The van der Waals surface area contributed by atoms with Gasteiger partial charge < -0.3 is 15.5 Å². The Morgan fingerprint density at radius 3 is 2.30 bits per heavy atom. The number of amides is 1. The van der Waals surface area contributed by atoms with E-state index in [1.54, 1.807) is 0 Å². The van der Waals surface area contributed by atoms with E-state index < -0.39 is 11.7 Å². The van der Waals surface area contributed by atoms with E-state index in [0.717, 1.165) is 24.3 Å². The Hall–Kier alpha value is -1.98. The number of nitrogens with one attached hydrogen (secondary N) is 1. The molecule has 0 saturated carbocycles. The number of halogens is 3. The monoisotopic (exact) mass is 315 g/mol. The quantitative estimate of drug-likeness (QED) is 0.738. The van der Waals surface area contributed by atoms with Gasteiger partial charge in [0.2, 0.25) is 0 Å². The van der Waals surface area contributed by atoms with Crippen molar-refractivity contribution in [1.29, 1.82) is 0 Å². The minimum Gasteiger partial charge on any atom is -0.508 e. The molecular weight excluding hydrogens is 308 g/mol. The van der Waals surface area contributed by atoms with E-state index in [1.165, 1.54) is 6.07 Å². The van der Waals surface area contributed by atoms with Crippen molar-refractivity contribution >= 4 is 34.8 Å². The number of rotatable bonds is 2. The highest BCUT2D eigenvalue weighted by Gasteiger charge is 2.16. The van der Waals surface area contributed by atoms with Gasteiger partial charge in [-0.05, 0) is 30.3 Å². The van der Waals surface area contributed by atoms with Crippen molar-refractivity contribution in [3.8, 4) is 11.5 Å². The molecule has 0 atom stereocenters. The summed E-state index contributed by atoms with van der Waals surface area (Å²) in [7, 11) is 0. The van der Waals surface area contributed by atoms with Gasteiger partial charge in [0.15, 0.2) is 0 Å². The third kappa shape index (κ3) is 2.95. The van der Waals surface area contributed by atoms with E-state index in [2.05, 4.69) is 5.32 Å². The first kappa shape index (κ1) is 14.4. The standard InChI is InChI=1S/C13H8Cl2FNO3/c14-9-3-6(16)4-10(15)12(9)17-13(20)8-5-7(18)1-2-11(8)19/h1-5,18-19H,(H,17,20). The maximum Gasteiger partial charge on any atom is 0.259 e. The van der Waals surface area contributed by atoms with E-state index in [4.69, 9.17) is 23.2 Å². The Bertz CT molecular complexity index is 668. The molecule has 3 N–H and O–H groups in total. The first-order valence-corrected chi connectivity index (χ1v) is 6.12. The van der Waals surface area contributed by atoms with Crippen LogP contribution in [-0.4, -0.2) is 16.1 Å². The third-order valence-corrected chi connectivity index (χ3v) is 3.07. The van der Waals surface area contributed by atoms with Crippen LogP contribution in [0, 0.1) is 5.82 Å². The smallest absolute Gasteiger partial charge is 0.259 e. The minimum atomic E-state index is -0.742. The van der Waals surface area contributed by atoms with Gasteiger partial charge in [0.1, 0.15) is 17.3 Å². The van der Waals surface area contributed by atoms with Crippen LogP contribution >= 0.6 is 23.2 Å². The Kier molecular flexibility index (Phi) is 4.01. The Labute approximate surface area is 123 Å². The molecule has 0 bridgehead atoms. The van der Waals surface area contributed by atoms with E-state index in [0.29, 0.717) is 0 Å². The van der Waals surface area contributed by atoms with Crippen molar-refractivity contribution in [2.24, 2.45) is 0 Å². The molecular formula is C13H8Cl2FNO3. The molecule has 2 aromatic rings. The summed E-state index contributed by atoms with van der Waals surface area (Å²) in [5.74, 6) is -1.90. The maximum atomic E-state index is 13.0. The fourth-order valence-corrected chi connectivity index (χ4v) is 2.10. The molecule has 0 saturated heterocycles. The molecule has 0 aliphatic carbocycles. The molecule has 20 heavy (non-hydrogen) atoms. The van der Waals surface area contributed by atoms with Crippen molar-refractivity contribution in [3.05, 3.63) is 51.8 Å². The van der Waals surface area contributed by atoms with Crippen molar-refractivity contribution in [2.75, 3.05) is 5.32 Å². The number of aromatic hydroxyl groups is 2. The second-order valence-corrected chi connectivity index (χ2v) is 4.71. The zero-order chi connectivity index (χ0) is 14.9. The van der Waals surface area contributed by atoms with Gasteiger partial charge in [-0.2, -0.15) is 0 Å². The van der Waals surface area contributed by atoms with Gasteiger partial charge in [-0.3, -0.25) is 4.79 Å². The van der Waals surface area contributed by atoms with Crippen LogP contribution in [0.3, 0.4) is 0 Å². The second kappa shape index (κ2) is 5.56. The number of hydrogen-bond acceptors (Lipinski definition) is 3. The van der Waals surface area contributed by atoms with E-state index in [9.17, 15) is 19.4 Å². The Balaban J connectivity index is 2.35. The molecule has 2 aromatic carbocycles. The molecule has 2 rings (SSSR count). The number of carbonyl (C=O) groups excluding carboxylic acids is 1. The lowest BCUT2D eigenvalue weighted by Crippen LogP contribution is -2.13. The molecule has 0 unspecified atom stereocenters. The number of hydrogen-bond donors (Lipinski definition) is 3. The summed E-state index contributed by atoms with van der Waals surface area (Å²) >= 11 is 11.6. The summed E-state index contributed by atoms with van der Waals surface area (Å²) in [6.45, 7) is 0. The largest absolute Gasteiger partial charge is 0.508 e. The SMILES string of the molecule is O=C(Nc1c(Cl)cc(F)cc1Cl)c1cc(O)ccc1O. The van der Waals surface area contributed by atoms with Crippen LogP contribution in [0.5, 0.6) is 11.5 Å². The molecule has 0 radical (unpaired) electrons. The van der Waals surface area contributed by atoms with Crippen molar-refractivity contribution < 1.29 is 19.4 Å². The van der Waals surface area contributed by atoms with Crippen LogP contribution in [0.2, 0.25) is 10.0 Å². The van der Waals surface area contributed by atoms with E-state index in [1.807, 2.05) is 0 Å². The summed E-state index contributed by atoms with van der Waals surface area (Å²) in [6.07, 6.45) is 0. The average molecular weight is 316 g/mol. The lowest BCUT2D eigenvalue weighted by Gasteiger charge is -2.10. The van der Waals surface area contributed by atoms with Gasteiger partial charge in [-0.15, -0.1) is 0 Å². The van der Waals surface area contributed by atoms with E-state index in [-0.39, 0.29) is 32.8 Å². The lowest BCUT2D eigenvalue weighted by atomic mass is 10.1. The summed E-state index contributed by atoms with van der Waals surface area (Å²) in [5, 5.41) is 21.1. The molecule has 0 aliphatic heterocycles. The number of phenols is 2. The third-order valence-electron chi connectivity index (χ3n) is 2.47. The van der Waals surface area contributed by atoms with Gasteiger partial charge >= 0.3 is 0 Å². The molecule has 0 heterocycles. The van der Waals surface area contributed by atoms with E-state index >= 15 is 0 Å². The first-order chi connectivity index (χ1) is 9.38. The zero-order valence-electron chi connectivity index (χ0n) is 9.82. The highest BCUT2D eigenvalue weighted by molar-refractivity contribution is 6.40. The average Bonchev–Trinajstić information content (AvgIpc) is 2.36. The predicted octanol–water partition coefficient (Wildman–Crippen LogP) is 3.80. The number of carbonyl (C=O) groups is 1. The summed E-state index contributed by atoms with van der Waals surface area (Å²) in [4.78, 5) is 12.0. The van der Waals surface area contributed by atoms with Gasteiger partial charge in [-0.25, -0.2) is 4.39 Å². The van der Waals surface area contributed by atoms with Gasteiger partial charge in [-0.1, -0.05) is 23.2 Å². The molecule has 4 nitrogen and oxygen atoms in total. The van der Waals surface area contributed by atoms with Crippen LogP contribution in [-0.2, 0) is 0 Å². The normalized spacial score (nSPS) is 10.3. The second-order valence-electron chi connectivity index (χ2n) is 3.90. The van der Waals surface area contributed by atoms with Gasteiger partial charge in [0.05, 0.1) is 21.3 Å². The zero-order valence-corrected chi connectivity index (χ0v) is 11.3. The van der Waals surface area contributed by atoms with Crippen LogP contribution in [0.25, 0.3) is 0 Å². The molecule has 0 aromatic heterocycles. The number of anilines is 1. The number of benzene rings is 2.